The average molecular weight is 288 g/mol. The summed E-state index contributed by atoms with van der Waals surface area (Å²) in [5, 5.41) is 4.20. The number of aryl methyl sites for hydroxylation is 1. The maximum absolute atomic E-state index is 5.98. The number of nitrogens with one attached hydrogen (secondary N) is 1. The Bertz CT molecular complexity index is 608. The Morgan fingerprint density at radius 1 is 1.20 bits per heavy atom. The van der Waals surface area contributed by atoms with E-state index >= 15 is 0 Å². The predicted molar refractivity (Wildman–Crippen MR) is 82.6 cm³/mol. The van der Waals surface area contributed by atoms with Crippen LogP contribution in [0.5, 0.6) is 11.5 Å². The smallest absolute Gasteiger partial charge is 0.130 e. The topological polar surface area (TPSA) is 21.3 Å². The normalized spacial score (nSPS) is 14.3. The van der Waals surface area contributed by atoms with Crippen LogP contribution in [-0.2, 0) is 6.54 Å². The van der Waals surface area contributed by atoms with Gasteiger partial charge in [0, 0.05) is 17.6 Å². The van der Waals surface area contributed by atoms with Gasteiger partial charge in [0.05, 0.1) is 0 Å². The molecule has 0 radical (unpaired) electrons. The lowest BCUT2D eigenvalue weighted by molar-refractivity contribution is 0.477. The number of ether oxygens (including phenoxy) is 1. The highest BCUT2D eigenvalue weighted by Crippen LogP contribution is 2.28. The fourth-order valence-corrected chi connectivity index (χ4v) is 2.25. The first-order valence-corrected chi connectivity index (χ1v) is 7.35. The second-order valence-electron chi connectivity index (χ2n) is 5.31. The van der Waals surface area contributed by atoms with Crippen LogP contribution in [0, 0.1) is 6.92 Å². The predicted octanol–water partition coefficient (Wildman–Crippen LogP) is 4.69. The highest BCUT2D eigenvalue weighted by Gasteiger charge is 2.20. The van der Waals surface area contributed by atoms with E-state index < -0.39 is 0 Å². The molecule has 104 valence electrons. The molecule has 1 fully saturated rings. The summed E-state index contributed by atoms with van der Waals surface area (Å²) in [6, 6.07) is 14.6. The second kappa shape index (κ2) is 5.86. The van der Waals surface area contributed by atoms with Crippen LogP contribution in [0.3, 0.4) is 0 Å². The van der Waals surface area contributed by atoms with E-state index in [1.54, 1.807) is 0 Å². The number of hydrogen-bond donors (Lipinski definition) is 1. The maximum Gasteiger partial charge on any atom is 0.130 e. The molecular formula is C17H18ClNO. The molecule has 1 aliphatic rings. The van der Waals surface area contributed by atoms with Gasteiger partial charge in [-0.3, -0.25) is 0 Å². The van der Waals surface area contributed by atoms with E-state index in [2.05, 4.69) is 30.4 Å². The van der Waals surface area contributed by atoms with Gasteiger partial charge in [-0.05, 0) is 55.2 Å². The fraction of sp³-hybridized carbons (Fsp3) is 0.294. The van der Waals surface area contributed by atoms with Gasteiger partial charge in [-0.25, -0.2) is 0 Å². The van der Waals surface area contributed by atoms with Crippen LogP contribution in [0.2, 0.25) is 5.02 Å². The zero-order valence-electron chi connectivity index (χ0n) is 11.5. The fourth-order valence-electron chi connectivity index (χ4n) is 2.07. The minimum Gasteiger partial charge on any atom is -0.457 e. The van der Waals surface area contributed by atoms with Gasteiger partial charge in [0.25, 0.3) is 0 Å². The van der Waals surface area contributed by atoms with Crippen LogP contribution in [0.4, 0.5) is 0 Å². The van der Waals surface area contributed by atoms with E-state index in [1.165, 1.54) is 18.4 Å². The largest absolute Gasteiger partial charge is 0.457 e. The SMILES string of the molecule is Cc1ccc(CNC2CC2)cc1Oc1cccc(Cl)c1. The van der Waals surface area contributed by atoms with Crippen LogP contribution in [-0.4, -0.2) is 6.04 Å². The Kier molecular flexibility index (Phi) is 3.95. The maximum atomic E-state index is 5.98. The van der Waals surface area contributed by atoms with Crippen molar-refractivity contribution >= 4 is 11.6 Å². The Hall–Kier alpha value is -1.51. The highest BCUT2D eigenvalue weighted by atomic mass is 35.5. The van der Waals surface area contributed by atoms with Gasteiger partial charge in [-0.1, -0.05) is 29.8 Å². The van der Waals surface area contributed by atoms with Gasteiger partial charge in [0.1, 0.15) is 11.5 Å². The molecule has 0 aliphatic heterocycles. The molecule has 20 heavy (non-hydrogen) atoms. The van der Waals surface area contributed by atoms with Gasteiger partial charge in [-0.2, -0.15) is 0 Å². The summed E-state index contributed by atoms with van der Waals surface area (Å²) >= 11 is 5.98. The zero-order valence-corrected chi connectivity index (χ0v) is 12.3. The van der Waals surface area contributed by atoms with Gasteiger partial charge in [-0.15, -0.1) is 0 Å². The summed E-state index contributed by atoms with van der Waals surface area (Å²) < 4.78 is 5.94. The van der Waals surface area contributed by atoms with E-state index in [0.717, 1.165) is 23.6 Å². The molecule has 0 saturated heterocycles. The molecular weight excluding hydrogens is 270 g/mol. The first-order valence-electron chi connectivity index (χ1n) is 6.97. The summed E-state index contributed by atoms with van der Waals surface area (Å²) in [7, 11) is 0. The molecule has 0 bridgehead atoms. The molecule has 1 N–H and O–H groups in total. The Morgan fingerprint density at radius 3 is 2.80 bits per heavy atom. The van der Waals surface area contributed by atoms with Gasteiger partial charge in [0.15, 0.2) is 0 Å². The van der Waals surface area contributed by atoms with Crippen LogP contribution in [0.1, 0.15) is 24.0 Å². The van der Waals surface area contributed by atoms with Gasteiger partial charge < -0.3 is 10.1 Å². The third kappa shape index (κ3) is 3.53. The molecule has 0 heterocycles. The van der Waals surface area contributed by atoms with Crippen molar-refractivity contribution in [2.75, 3.05) is 0 Å². The lowest BCUT2D eigenvalue weighted by Gasteiger charge is -2.11. The molecule has 3 rings (SSSR count). The quantitative estimate of drug-likeness (QED) is 0.861. The minimum absolute atomic E-state index is 0.687. The highest BCUT2D eigenvalue weighted by molar-refractivity contribution is 6.30. The summed E-state index contributed by atoms with van der Waals surface area (Å²) in [5.74, 6) is 1.66. The monoisotopic (exact) mass is 287 g/mol. The third-order valence-corrected chi connectivity index (χ3v) is 3.68. The lowest BCUT2D eigenvalue weighted by atomic mass is 10.1. The first kappa shape index (κ1) is 13.5. The number of hydrogen-bond acceptors (Lipinski definition) is 2. The van der Waals surface area contributed by atoms with Crippen molar-refractivity contribution in [3.8, 4) is 11.5 Å². The van der Waals surface area contributed by atoms with Crippen molar-refractivity contribution in [2.24, 2.45) is 0 Å². The number of halogens is 1. The molecule has 0 atom stereocenters. The summed E-state index contributed by atoms with van der Waals surface area (Å²) in [4.78, 5) is 0. The standard InChI is InChI=1S/C17H18ClNO/c1-12-5-6-13(11-19-15-7-8-15)9-17(12)20-16-4-2-3-14(18)10-16/h2-6,9-10,15,19H,7-8,11H2,1H3. The average Bonchev–Trinajstić information content (AvgIpc) is 3.24. The van der Waals surface area contributed by atoms with Crippen molar-refractivity contribution in [1.29, 1.82) is 0 Å². The van der Waals surface area contributed by atoms with Crippen molar-refractivity contribution in [2.45, 2.75) is 32.4 Å². The molecule has 0 aromatic heterocycles. The summed E-state index contributed by atoms with van der Waals surface area (Å²) in [5.41, 5.74) is 2.37. The second-order valence-corrected chi connectivity index (χ2v) is 5.75. The van der Waals surface area contributed by atoms with E-state index in [0.29, 0.717) is 11.1 Å². The van der Waals surface area contributed by atoms with E-state index in [4.69, 9.17) is 16.3 Å². The van der Waals surface area contributed by atoms with Crippen LogP contribution >= 0.6 is 11.6 Å². The van der Waals surface area contributed by atoms with Crippen LogP contribution in [0.15, 0.2) is 42.5 Å². The first-order chi connectivity index (χ1) is 9.70. The molecule has 2 nitrogen and oxygen atoms in total. The van der Waals surface area contributed by atoms with E-state index in [-0.39, 0.29) is 0 Å². The van der Waals surface area contributed by atoms with Crippen molar-refractivity contribution in [1.82, 2.24) is 5.32 Å². The molecule has 1 aliphatic carbocycles. The van der Waals surface area contributed by atoms with E-state index in [1.807, 2.05) is 24.3 Å². The van der Waals surface area contributed by atoms with Gasteiger partial charge >= 0.3 is 0 Å². The third-order valence-electron chi connectivity index (χ3n) is 3.45. The number of benzene rings is 2. The van der Waals surface area contributed by atoms with Crippen molar-refractivity contribution in [3.05, 3.63) is 58.6 Å². The number of rotatable bonds is 5. The molecule has 0 amide bonds. The Labute approximate surface area is 124 Å². The molecule has 2 aromatic rings. The lowest BCUT2D eigenvalue weighted by Crippen LogP contribution is -2.15. The van der Waals surface area contributed by atoms with Crippen molar-refractivity contribution in [3.63, 3.8) is 0 Å². The van der Waals surface area contributed by atoms with Crippen LogP contribution < -0.4 is 10.1 Å². The Balaban J connectivity index is 1.75. The zero-order chi connectivity index (χ0) is 13.9. The van der Waals surface area contributed by atoms with E-state index in [9.17, 15) is 0 Å². The summed E-state index contributed by atoms with van der Waals surface area (Å²) in [6.45, 7) is 2.95. The van der Waals surface area contributed by atoms with Crippen LogP contribution in [0.25, 0.3) is 0 Å². The molecule has 0 spiro atoms. The molecule has 2 aromatic carbocycles. The van der Waals surface area contributed by atoms with Crippen molar-refractivity contribution < 1.29 is 4.74 Å². The summed E-state index contributed by atoms with van der Waals surface area (Å²) in [6.07, 6.45) is 2.61. The molecule has 1 saturated carbocycles. The Morgan fingerprint density at radius 2 is 2.05 bits per heavy atom. The van der Waals surface area contributed by atoms with Gasteiger partial charge in [0.2, 0.25) is 0 Å². The molecule has 0 unspecified atom stereocenters. The minimum atomic E-state index is 0.687. The molecule has 3 heteroatoms.